The Kier molecular flexibility index (Phi) is 6.71. The fourth-order valence-corrected chi connectivity index (χ4v) is 8.90. The van der Waals surface area contributed by atoms with Crippen molar-refractivity contribution in [2.24, 2.45) is 4.99 Å². The molecule has 0 fully saturated rings. The van der Waals surface area contributed by atoms with Crippen LogP contribution in [0.2, 0.25) is 0 Å². The van der Waals surface area contributed by atoms with E-state index in [9.17, 15) is 0 Å². The molecule has 8 aromatic rings. The summed E-state index contributed by atoms with van der Waals surface area (Å²) in [5.41, 5.74) is 11.5. The second-order valence-corrected chi connectivity index (χ2v) is 14.2. The number of hydrogen-bond donors (Lipinski definition) is 2. The predicted molar refractivity (Wildman–Crippen MR) is 206 cm³/mol. The van der Waals surface area contributed by atoms with E-state index in [0.29, 0.717) is 0 Å². The normalized spacial score (nSPS) is 17.0. The minimum Gasteiger partial charge on any atom is -0.350 e. The van der Waals surface area contributed by atoms with Crippen LogP contribution in [-0.2, 0) is 12.8 Å². The Hall–Kier alpha value is -5.55. The molecule has 2 atom stereocenters. The van der Waals surface area contributed by atoms with E-state index < -0.39 is 0 Å². The smallest absolute Gasteiger partial charge is 0.131 e. The molecule has 4 heteroatoms. The first kappa shape index (κ1) is 28.5. The third-order valence-electron chi connectivity index (χ3n) is 10.3. The Bertz CT molecular complexity index is 2580. The summed E-state index contributed by atoms with van der Waals surface area (Å²) in [5, 5.41) is 12.9. The zero-order valence-corrected chi connectivity index (χ0v) is 27.7. The standard InChI is InChI=1S/C45H33N3S/c1-2-9-28(10-3-1)30-12-8-13-32(25-30)43-46-44(48-45(47-43)34-20-24-42-40(27-34)39-15-6-7-16-41(39)49-42)33-19-21-36-31(26-33)18-23-37-35-14-5-4-11-29(35)17-22-38(36)37/h1-16,18-21,23-27,44-45,48H,17,22H2,(H,46,47). The summed E-state index contributed by atoms with van der Waals surface area (Å²) in [7, 11) is 0. The monoisotopic (exact) mass is 647 g/mol. The van der Waals surface area contributed by atoms with E-state index in [0.717, 1.165) is 29.8 Å². The van der Waals surface area contributed by atoms with Gasteiger partial charge in [-0.2, -0.15) is 0 Å². The maximum atomic E-state index is 5.34. The summed E-state index contributed by atoms with van der Waals surface area (Å²) in [4.78, 5) is 5.34. The van der Waals surface area contributed by atoms with Gasteiger partial charge in [0.25, 0.3) is 0 Å². The fourth-order valence-electron chi connectivity index (χ4n) is 7.81. The molecule has 10 rings (SSSR count). The van der Waals surface area contributed by atoms with Gasteiger partial charge in [-0.3, -0.25) is 5.32 Å². The van der Waals surface area contributed by atoms with Crippen LogP contribution in [0.15, 0.2) is 157 Å². The van der Waals surface area contributed by atoms with Gasteiger partial charge in [-0.1, -0.05) is 121 Å². The maximum absolute atomic E-state index is 5.34. The summed E-state index contributed by atoms with van der Waals surface area (Å²) < 4.78 is 2.62. The van der Waals surface area contributed by atoms with E-state index in [1.54, 1.807) is 0 Å². The number of fused-ring (bicyclic) bond motifs is 8. The Labute approximate surface area is 289 Å². The van der Waals surface area contributed by atoms with Gasteiger partial charge in [0, 0.05) is 25.7 Å². The molecule has 49 heavy (non-hydrogen) atoms. The van der Waals surface area contributed by atoms with Crippen molar-refractivity contribution in [1.29, 1.82) is 0 Å². The number of nitrogens with one attached hydrogen (secondary N) is 2. The number of rotatable bonds is 4. The van der Waals surface area contributed by atoms with Crippen LogP contribution in [0.25, 0.3) is 53.2 Å². The molecule has 0 amide bonds. The van der Waals surface area contributed by atoms with Crippen molar-refractivity contribution in [2.45, 2.75) is 25.2 Å². The van der Waals surface area contributed by atoms with Gasteiger partial charge in [0.1, 0.15) is 18.2 Å². The van der Waals surface area contributed by atoms with Crippen molar-refractivity contribution in [1.82, 2.24) is 10.6 Å². The van der Waals surface area contributed by atoms with Crippen molar-refractivity contribution in [3.05, 3.63) is 179 Å². The predicted octanol–water partition coefficient (Wildman–Crippen LogP) is 11.0. The highest BCUT2D eigenvalue weighted by atomic mass is 32.1. The van der Waals surface area contributed by atoms with Gasteiger partial charge in [-0.05, 0) is 98.5 Å². The number of nitrogens with zero attached hydrogens (tertiary/aromatic N) is 1. The Morgan fingerprint density at radius 2 is 1.33 bits per heavy atom. The van der Waals surface area contributed by atoms with Crippen LogP contribution >= 0.6 is 11.3 Å². The van der Waals surface area contributed by atoms with Gasteiger partial charge in [0.05, 0.1) is 0 Å². The minimum absolute atomic E-state index is 0.131. The number of aryl methyl sites for hydroxylation is 2. The van der Waals surface area contributed by atoms with Crippen LogP contribution in [-0.4, -0.2) is 5.84 Å². The third kappa shape index (κ3) is 4.95. The van der Waals surface area contributed by atoms with Crippen LogP contribution in [0.3, 0.4) is 0 Å². The average molecular weight is 648 g/mol. The second-order valence-electron chi connectivity index (χ2n) is 13.2. The van der Waals surface area contributed by atoms with Crippen molar-refractivity contribution >= 4 is 48.1 Å². The van der Waals surface area contributed by atoms with Crippen LogP contribution < -0.4 is 10.6 Å². The van der Waals surface area contributed by atoms with Crippen LogP contribution in [0.5, 0.6) is 0 Å². The number of amidine groups is 1. The van der Waals surface area contributed by atoms with E-state index in [1.807, 2.05) is 11.3 Å². The van der Waals surface area contributed by atoms with Gasteiger partial charge < -0.3 is 5.32 Å². The van der Waals surface area contributed by atoms with Gasteiger partial charge >= 0.3 is 0 Å². The first-order valence-corrected chi connectivity index (χ1v) is 17.9. The van der Waals surface area contributed by atoms with Crippen LogP contribution in [0.1, 0.15) is 40.1 Å². The lowest BCUT2D eigenvalue weighted by atomic mass is 9.83. The summed E-state index contributed by atoms with van der Waals surface area (Å²) in [6, 6.07) is 55.3. The molecule has 2 unspecified atom stereocenters. The van der Waals surface area contributed by atoms with Crippen LogP contribution in [0.4, 0.5) is 0 Å². The van der Waals surface area contributed by atoms with E-state index in [2.05, 4.69) is 162 Å². The molecule has 7 aromatic carbocycles. The molecule has 1 aliphatic heterocycles. The summed E-state index contributed by atoms with van der Waals surface area (Å²) in [6.45, 7) is 0. The number of aliphatic imine (C=N–C) groups is 1. The Balaban J connectivity index is 1.07. The maximum Gasteiger partial charge on any atom is 0.131 e. The molecule has 0 saturated heterocycles. The highest BCUT2D eigenvalue weighted by molar-refractivity contribution is 7.25. The van der Waals surface area contributed by atoms with Gasteiger partial charge in [0.15, 0.2) is 0 Å². The first-order valence-electron chi connectivity index (χ1n) is 17.1. The molecule has 0 saturated carbocycles. The second kappa shape index (κ2) is 11.6. The highest BCUT2D eigenvalue weighted by Crippen LogP contribution is 2.39. The van der Waals surface area contributed by atoms with E-state index in [4.69, 9.17) is 4.99 Å². The van der Waals surface area contributed by atoms with Gasteiger partial charge in [-0.25, -0.2) is 4.99 Å². The molecule has 1 aromatic heterocycles. The Morgan fingerprint density at radius 3 is 2.29 bits per heavy atom. The molecule has 2 aliphatic rings. The molecule has 3 nitrogen and oxygen atoms in total. The molecule has 234 valence electrons. The Morgan fingerprint density at radius 1 is 0.531 bits per heavy atom. The molecule has 2 heterocycles. The van der Waals surface area contributed by atoms with E-state index in [1.165, 1.54) is 69.9 Å². The number of hydrogen-bond acceptors (Lipinski definition) is 4. The lowest BCUT2D eigenvalue weighted by Gasteiger charge is -2.32. The van der Waals surface area contributed by atoms with E-state index >= 15 is 0 Å². The van der Waals surface area contributed by atoms with Crippen molar-refractivity contribution in [2.75, 3.05) is 0 Å². The fraction of sp³-hybridized carbons (Fsp3) is 0.0889. The van der Waals surface area contributed by atoms with Crippen molar-refractivity contribution in [3.63, 3.8) is 0 Å². The third-order valence-corrected chi connectivity index (χ3v) is 11.4. The van der Waals surface area contributed by atoms with E-state index in [-0.39, 0.29) is 12.3 Å². The minimum atomic E-state index is -0.222. The molecular weight excluding hydrogens is 615 g/mol. The highest BCUT2D eigenvalue weighted by Gasteiger charge is 2.27. The van der Waals surface area contributed by atoms with Crippen LogP contribution in [0, 0.1) is 0 Å². The average Bonchev–Trinajstić information content (AvgIpc) is 3.55. The summed E-state index contributed by atoms with van der Waals surface area (Å²) in [6.07, 6.45) is 1.80. The summed E-state index contributed by atoms with van der Waals surface area (Å²) >= 11 is 1.85. The van der Waals surface area contributed by atoms with Crippen molar-refractivity contribution < 1.29 is 0 Å². The number of benzene rings is 7. The van der Waals surface area contributed by atoms with Gasteiger partial charge in [-0.15, -0.1) is 11.3 Å². The SMILES string of the molecule is c1ccc(-c2cccc(C3=NC(c4ccc5sc6ccccc6c5c4)NC(c4ccc5c6c(ccc5c4)-c4ccccc4CC6)N3)c2)cc1. The quantitative estimate of drug-likeness (QED) is 0.199. The molecule has 2 N–H and O–H groups in total. The zero-order valence-electron chi connectivity index (χ0n) is 26.9. The number of thiophene rings is 1. The van der Waals surface area contributed by atoms with Crippen molar-refractivity contribution in [3.8, 4) is 22.3 Å². The largest absolute Gasteiger partial charge is 0.350 e. The zero-order chi connectivity index (χ0) is 32.3. The molecule has 0 spiro atoms. The lowest BCUT2D eigenvalue weighted by Crippen LogP contribution is -2.45. The molecular formula is C45H33N3S. The summed E-state index contributed by atoms with van der Waals surface area (Å²) in [5.74, 6) is 0.893. The topological polar surface area (TPSA) is 36.4 Å². The lowest BCUT2D eigenvalue weighted by molar-refractivity contribution is 0.409. The first-order chi connectivity index (χ1) is 24.2. The molecule has 0 radical (unpaired) electrons. The van der Waals surface area contributed by atoms with Gasteiger partial charge in [0.2, 0.25) is 0 Å². The molecule has 1 aliphatic carbocycles. The molecule has 0 bridgehead atoms.